The molecule has 1 fully saturated rings. The molecule has 142 valence electrons. The van der Waals surface area contributed by atoms with Gasteiger partial charge in [0.1, 0.15) is 0 Å². The third-order valence-electron chi connectivity index (χ3n) is 4.46. The molecule has 0 unspecified atom stereocenters. The molecule has 1 N–H and O–H groups in total. The maximum Gasteiger partial charge on any atom is 0.194 e. The standard InChI is InChI=1S/C19H26N4OS.HI/c1-20-19(21-14-16-6-3-4-7-17(16)15-24-2)23-11-9-22(10-12-23)18-8-5-13-25-18;/h3-8,13H,9-12,14-15H2,1-2H3,(H,20,21);1H. The number of nitrogens with zero attached hydrogens (tertiary/aromatic N) is 3. The fourth-order valence-corrected chi connectivity index (χ4v) is 3.91. The first kappa shape index (κ1) is 21.0. The molecular weight excluding hydrogens is 459 g/mol. The van der Waals surface area contributed by atoms with Gasteiger partial charge in [-0.15, -0.1) is 35.3 Å². The summed E-state index contributed by atoms with van der Waals surface area (Å²) in [6.07, 6.45) is 0. The van der Waals surface area contributed by atoms with Crippen LogP contribution in [0.15, 0.2) is 46.8 Å². The average molecular weight is 486 g/mol. The first-order valence-corrected chi connectivity index (χ1v) is 9.49. The van der Waals surface area contributed by atoms with E-state index < -0.39 is 0 Å². The van der Waals surface area contributed by atoms with Gasteiger partial charge in [0.25, 0.3) is 0 Å². The Morgan fingerprint density at radius 1 is 1.12 bits per heavy atom. The van der Waals surface area contributed by atoms with E-state index in [1.165, 1.54) is 16.1 Å². The van der Waals surface area contributed by atoms with Crippen LogP contribution < -0.4 is 10.2 Å². The van der Waals surface area contributed by atoms with Crippen LogP contribution >= 0.6 is 35.3 Å². The molecule has 0 amide bonds. The fraction of sp³-hybridized carbons (Fsp3) is 0.421. The number of anilines is 1. The maximum atomic E-state index is 5.29. The van der Waals surface area contributed by atoms with Gasteiger partial charge in [0, 0.05) is 46.9 Å². The zero-order valence-electron chi connectivity index (χ0n) is 15.4. The highest BCUT2D eigenvalue weighted by Gasteiger charge is 2.20. The molecule has 0 saturated carbocycles. The molecule has 0 spiro atoms. The van der Waals surface area contributed by atoms with Crippen molar-refractivity contribution in [1.82, 2.24) is 10.2 Å². The molecule has 0 aliphatic carbocycles. The molecule has 2 aromatic rings. The molecule has 2 heterocycles. The topological polar surface area (TPSA) is 40.1 Å². The molecule has 5 nitrogen and oxygen atoms in total. The van der Waals surface area contributed by atoms with Crippen molar-refractivity contribution in [3.8, 4) is 0 Å². The summed E-state index contributed by atoms with van der Waals surface area (Å²) in [7, 11) is 3.59. The fourth-order valence-electron chi connectivity index (χ4n) is 3.12. The van der Waals surface area contributed by atoms with Crippen LogP contribution in [0.3, 0.4) is 0 Å². The molecule has 7 heteroatoms. The molecule has 1 aromatic heterocycles. The van der Waals surface area contributed by atoms with Crippen molar-refractivity contribution in [2.75, 3.05) is 45.2 Å². The van der Waals surface area contributed by atoms with Gasteiger partial charge in [0.05, 0.1) is 11.6 Å². The summed E-state index contributed by atoms with van der Waals surface area (Å²) in [5.74, 6) is 0.970. The van der Waals surface area contributed by atoms with E-state index in [1.807, 2.05) is 18.4 Å². The number of aliphatic imine (C=N–C) groups is 1. The van der Waals surface area contributed by atoms with Crippen molar-refractivity contribution in [1.29, 1.82) is 0 Å². The minimum Gasteiger partial charge on any atom is -0.380 e. The molecule has 1 saturated heterocycles. The number of methoxy groups -OCH3 is 1. The number of piperazine rings is 1. The molecule has 1 aliphatic heterocycles. The van der Waals surface area contributed by atoms with Gasteiger partial charge in [-0.25, -0.2) is 0 Å². The van der Waals surface area contributed by atoms with E-state index in [0.29, 0.717) is 6.61 Å². The lowest BCUT2D eigenvalue weighted by molar-refractivity contribution is 0.184. The largest absolute Gasteiger partial charge is 0.380 e. The highest BCUT2D eigenvalue weighted by atomic mass is 127. The molecule has 3 rings (SSSR count). The van der Waals surface area contributed by atoms with Crippen LogP contribution in [-0.4, -0.2) is 51.2 Å². The van der Waals surface area contributed by atoms with Gasteiger partial charge in [-0.05, 0) is 28.6 Å². The summed E-state index contributed by atoms with van der Waals surface area (Å²) in [6, 6.07) is 12.7. The smallest absolute Gasteiger partial charge is 0.194 e. The molecule has 26 heavy (non-hydrogen) atoms. The van der Waals surface area contributed by atoms with E-state index in [0.717, 1.165) is 38.7 Å². The maximum absolute atomic E-state index is 5.29. The van der Waals surface area contributed by atoms with Crippen LogP contribution in [-0.2, 0) is 17.9 Å². The number of benzene rings is 1. The molecule has 0 radical (unpaired) electrons. The Labute approximate surface area is 177 Å². The summed E-state index contributed by atoms with van der Waals surface area (Å²) in [6.45, 7) is 5.42. The summed E-state index contributed by atoms with van der Waals surface area (Å²) in [5, 5.41) is 7.00. The normalized spacial score (nSPS) is 14.9. The van der Waals surface area contributed by atoms with Gasteiger partial charge in [-0.3, -0.25) is 4.99 Å². The number of thiophene rings is 1. The predicted octanol–water partition coefficient (Wildman–Crippen LogP) is 3.41. The highest BCUT2D eigenvalue weighted by molar-refractivity contribution is 14.0. The summed E-state index contributed by atoms with van der Waals surface area (Å²) < 4.78 is 5.29. The van der Waals surface area contributed by atoms with Crippen LogP contribution in [0.2, 0.25) is 0 Å². The Balaban J connectivity index is 0.00000243. The second-order valence-electron chi connectivity index (χ2n) is 6.03. The molecule has 1 aromatic carbocycles. The van der Waals surface area contributed by atoms with Gasteiger partial charge in [0.15, 0.2) is 5.96 Å². The minimum absolute atomic E-state index is 0. The zero-order valence-corrected chi connectivity index (χ0v) is 18.5. The number of rotatable bonds is 5. The quantitative estimate of drug-likeness (QED) is 0.400. The van der Waals surface area contributed by atoms with Crippen molar-refractivity contribution < 1.29 is 4.74 Å². The summed E-state index contributed by atoms with van der Waals surface area (Å²) >= 11 is 1.81. The molecular formula is C19H27IN4OS. The molecule has 0 bridgehead atoms. The van der Waals surface area contributed by atoms with Crippen molar-refractivity contribution >= 4 is 46.3 Å². The van der Waals surface area contributed by atoms with Gasteiger partial charge < -0.3 is 19.9 Å². The Hall–Kier alpha value is -1.32. The number of hydrogen-bond acceptors (Lipinski definition) is 4. The van der Waals surface area contributed by atoms with Crippen LogP contribution in [0.4, 0.5) is 5.00 Å². The van der Waals surface area contributed by atoms with Gasteiger partial charge >= 0.3 is 0 Å². The lowest BCUT2D eigenvalue weighted by Gasteiger charge is -2.37. The van der Waals surface area contributed by atoms with E-state index in [4.69, 9.17) is 4.74 Å². The van der Waals surface area contributed by atoms with Crippen molar-refractivity contribution in [3.63, 3.8) is 0 Å². The number of halogens is 1. The average Bonchev–Trinajstić information content (AvgIpc) is 3.19. The van der Waals surface area contributed by atoms with E-state index >= 15 is 0 Å². The van der Waals surface area contributed by atoms with Crippen molar-refractivity contribution in [3.05, 3.63) is 52.9 Å². The van der Waals surface area contributed by atoms with Crippen LogP contribution in [0.1, 0.15) is 11.1 Å². The minimum atomic E-state index is 0. The Bertz CT molecular complexity index is 685. The Morgan fingerprint density at radius 2 is 1.85 bits per heavy atom. The summed E-state index contributed by atoms with van der Waals surface area (Å²) in [4.78, 5) is 9.26. The Morgan fingerprint density at radius 3 is 2.46 bits per heavy atom. The second kappa shape index (κ2) is 10.7. The number of nitrogens with one attached hydrogen (secondary N) is 1. The second-order valence-corrected chi connectivity index (χ2v) is 6.95. The first-order valence-electron chi connectivity index (χ1n) is 8.61. The molecule has 1 aliphatic rings. The van der Waals surface area contributed by atoms with Crippen molar-refractivity contribution in [2.45, 2.75) is 13.2 Å². The molecule has 0 atom stereocenters. The van der Waals surface area contributed by atoms with Crippen molar-refractivity contribution in [2.24, 2.45) is 4.99 Å². The van der Waals surface area contributed by atoms with Crippen LogP contribution in [0, 0.1) is 0 Å². The lowest BCUT2D eigenvalue weighted by Crippen LogP contribution is -2.52. The lowest BCUT2D eigenvalue weighted by atomic mass is 10.1. The number of ether oxygens (including phenoxy) is 1. The predicted molar refractivity (Wildman–Crippen MR) is 121 cm³/mol. The Kier molecular flexibility index (Phi) is 8.67. The van der Waals surface area contributed by atoms with Crippen LogP contribution in [0.25, 0.3) is 0 Å². The number of hydrogen-bond donors (Lipinski definition) is 1. The monoisotopic (exact) mass is 486 g/mol. The third kappa shape index (κ3) is 5.34. The van der Waals surface area contributed by atoms with Gasteiger partial charge in [-0.1, -0.05) is 24.3 Å². The third-order valence-corrected chi connectivity index (χ3v) is 5.39. The van der Waals surface area contributed by atoms with Gasteiger partial charge in [-0.2, -0.15) is 0 Å². The number of guanidine groups is 1. The van der Waals surface area contributed by atoms with E-state index in [2.05, 4.69) is 61.9 Å². The highest BCUT2D eigenvalue weighted by Crippen LogP contribution is 2.22. The SMILES string of the molecule is CN=C(NCc1ccccc1COC)N1CCN(c2cccs2)CC1.I. The van der Waals surface area contributed by atoms with Gasteiger partial charge in [0.2, 0.25) is 0 Å². The van der Waals surface area contributed by atoms with E-state index in [-0.39, 0.29) is 24.0 Å². The summed E-state index contributed by atoms with van der Waals surface area (Å²) in [5.41, 5.74) is 2.47. The first-order chi connectivity index (χ1) is 12.3. The van der Waals surface area contributed by atoms with E-state index in [9.17, 15) is 0 Å². The van der Waals surface area contributed by atoms with E-state index in [1.54, 1.807) is 7.11 Å². The zero-order chi connectivity index (χ0) is 17.5. The van der Waals surface area contributed by atoms with Crippen LogP contribution in [0.5, 0.6) is 0 Å².